The van der Waals surface area contributed by atoms with Gasteiger partial charge in [-0.05, 0) is 37.6 Å². The molecule has 4 N–H and O–H groups in total. The highest BCUT2D eigenvalue weighted by atomic mass is 35.5. The van der Waals surface area contributed by atoms with E-state index in [-0.39, 0.29) is 29.8 Å². The van der Waals surface area contributed by atoms with E-state index >= 15 is 0 Å². The number of carbonyl (C=O) groups excluding carboxylic acids is 2. The zero-order chi connectivity index (χ0) is 18.7. The minimum absolute atomic E-state index is 0. The molecule has 26 heavy (non-hydrogen) atoms. The average molecular weight is 391 g/mol. The summed E-state index contributed by atoms with van der Waals surface area (Å²) in [6.07, 6.45) is 9.20. The molecule has 1 rings (SSSR count). The third-order valence-electron chi connectivity index (χ3n) is 4.94. The number of urea groups is 1. The molecule has 7 heteroatoms. The smallest absolute Gasteiger partial charge is 0.315 e. The van der Waals surface area contributed by atoms with Gasteiger partial charge in [0.15, 0.2) is 0 Å². The molecule has 0 aromatic carbocycles. The Bertz CT molecular complexity index is 412. The van der Waals surface area contributed by atoms with Crippen LogP contribution in [0.3, 0.4) is 0 Å². The number of nitrogens with zero attached hydrogens (tertiary/aromatic N) is 1. The number of nitrogens with one attached hydrogen (secondary N) is 2. The van der Waals surface area contributed by atoms with E-state index in [1.807, 2.05) is 7.05 Å². The van der Waals surface area contributed by atoms with Crippen molar-refractivity contribution in [2.24, 2.45) is 11.1 Å². The fourth-order valence-corrected chi connectivity index (χ4v) is 3.25. The summed E-state index contributed by atoms with van der Waals surface area (Å²) in [5, 5.41) is 5.97. The monoisotopic (exact) mass is 390 g/mol. The second-order valence-corrected chi connectivity index (χ2v) is 8.16. The van der Waals surface area contributed by atoms with Crippen LogP contribution in [0.4, 0.5) is 4.79 Å². The van der Waals surface area contributed by atoms with Crippen molar-refractivity contribution in [2.45, 2.75) is 77.7 Å². The fraction of sp³-hybridized carbons (Fsp3) is 0.895. The maximum atomic E-state index is 12.1. The molecule has 1 aliphatic rings. The summed E-state index contributed by atoms with van der Waals surface area (Å²) in [5.41, 5.74) is 5.67. The Morgan fingerprint density at radius 2 is 1.77 bits per heavy atom. The highest BCUT2D eigenvalue weighted by Crippen LogP contribution is 2.17. The van der Waals surface area contributed by atoms with Gasteiger partial charge in [-0.3, -0.25) is 4.79 Å². The van der Waals surface area contributed by atoms with Gasteiger partial charge in [-0.25, -0.2) is 4.79 Å². The largest absolute Gasteiger partial charge is 0.345 e. The minimum Gasteiger partial charge on any atom is -0.345 e. The second kappa shape index (κ2) is 13.2. The molecule has 0 aromatic rings. The van der Waals surface area contributed by atoms with E-state index in [2.05, 4.69) is 24.5 Å². The molecule has 0 unspecified atom stereocenters. The Kier molecular flexibility index (Phi) is 12.7. The lowest BCUT2D eigenvalue weighted by atomic mass is 9.93. The van der Waals surface area contributed by atoms with E-state index in [0.717, 1.165) is 32.1 Å². The fourth-order valence-electron chi connectivity index (χ4n) is 3.25. The predicted octanol–water partition coefficient (Wildman–Crippen LogP) is 3.04. The molecular weight excluding hydrogens is 352 g/mol. The van der Waals surface area contributed by atoms with E-state index in [0.29, 0.717) is 32.1 Å². The Hall–Kier alpha value is -1.01. The number of hydrogen-bond acceptors (Lipinski definition) is 3. The molecule has 0 atom stereocenters. The van der Waals surface area contributed by atoms with Crippen molar-refractivity contribution in [3.8, 4) is 0 Å². The van der Waals surface area contributed by atoms with Gasteiger partial charge < -0.3 is 21.3 Å². The summed E-state index contributed by atoms with van der Waals surface area (Å²) in [6.45, 7) is 6.06. The van der Waals surface area contributed by atoms with Crippen molar-refractivity contribution in [3.05, 3.63) is 0 Å². The lowest BCUT2D eigenvalue weighted by Crippen LogP contribution is -2.43. The van der Waals surface area contributed by atoms with Crippen molar-refractivity contribution in [3.63, 3.8) is 0 Å². The zero-order valence-electron chi connectivity index (χ0n) is 16.8. The third kappa shape index (κ3) is 10.9. The molecular formula is C19H39ClN4O2. The normalized spacial score (nSPS) is 15.1. The van der Waals surface area contributed by atoms with Crippen molar-refractivity contribution < 1.29 is 9.59 Å². The van der Waals surface area contributed by atoms with Gasteiger partial charge in [-0.15, -0.1) is 12.4 Å². The van der Waals surface area contributed by atoms with Gasteiger partial charge >= 0.3 is 6.03 Å². The molecule has 0 saturated heterocycles. The van der Waals surface area contributed by atoms with Crippen LogP contribution in [0.15, 0.2) is 0 Å². The molecule has 1 saturated carbocycles. The summed E-state index contributed by atoms with van der Waals surface area (Å²) in [4.78, 5) is 25.7. The van der Waals surface area contributed by atoms with Crippen LogP contribution in [0.1, 0.15) is 71.6 Å². The van der Waals surface area contributed by atoms with Crippen LogP contribution < -0.4 is 16.4 Å². The van der Waals surface area contributed by atoms with Gasteiger partial charge in [0.05, 0.1) is 0 Å². The third-order valence-corrected chi connectivity index (χ3v) is 4.94. The number of hydrogen-bond donors (Lipinski definition) is 3. The molecule has 154 valence electrons. The lowest BCUT2D eigenvalue weighted by Gasteiger charge is -2.29. The van der Waals surface area contributed by atoms with Gasteiger partial charge in [-0.1, -0.05) is 39.5 Å². The molecule has 0 aliphatic heterocycles. The summed E-state index contributed by atoms with van der Waals surface area (Å²) in [6, 6.07) is 0.298. The van der Waals surface area contributed by atoms with Gasteiger partial charge in [0.2, 0.25) is 5.91 Å². The van der Waals surface area contributed by atoms with E-state index in [4.69, 9.17) is 5.73 Å². The van der Waals surface area contributed by atoms with Gasteiger partial charge in [0.25, 0.3) is 0 Å². The van der Waals surface area contributed by atoms with E-state index in [9.17, 15) is 9.59 Å². The molecule has 0 spiro atoms. The summed E-state index contributed by atoms with van der Waals surface area (Å²) in [5.74, 6) is 0.171. The van der Waals surface area contributed by atoms with Crippen LogP contribution in [-0.2, 0) is 4.79 Å². The number of halogens is 1. The van der Waals surface area contributed by atoms with Crippen molar-refractivity contribution in [2.75, 3.05) is 26.7 Å². The lowest BCUT2D eigenvalue weighted by molar-refractivity contribution is -0.131. The first-order valence-electron chi connectivity index (χ1n) is 9.82. The van der Waals surface area contributed by atoms with Crippen molar-refractivity contribution in [1.29, 1.82) is 0 Å². The molecule has 3 amide bonds. The maximum absolute atomic E-state index is 12.1. The van der Waals surface area contributed by atoms with E-state index in [1.165, 1.54) is 19.3 Å². The average Bonchev–Trinajstić information content (AvgIpc) is 2.58. The second-order valence-electron chi connectivity index (χ2n) is 8.16. The van der Waals surface area contributed by atoms with Crippen molar-refractivity contribution in [1.82, 2.24) is 15.5 Å². The number of unbranched alkanes of at least 4 members (excludes halogenated alkanes) is 2. The zero-order valence-corrected chi connectivity index (χ0v) is 17.6. The van der Waals surface area contributed by atoms with Gasteiger partial charge in [-0.2, -0.15) is 0 Å². The topological polar surface area (TPSA) is 87.5 Å². The molecule has 0 aromatic heterocycles. The van der Waals surface area contributed by atoms with Crippen LogP contribution in [0.2, 0.25) is 0 Å². The SMILES string of the molecule is CN(CC(C)(C)CN)C(=O)CCCCCNC(=O)NC1CCCCC1.Cl. The predicted molar refractivity (Wildman–Crippen MR) is 110 cm³/mol. The van der Waals surface area contributed by atoms with Crippen LogP contribution >= 0.6 is 12.4 Å². The summed E-state index contributed by atoms with van der Waals surface area (Å²) >= 11 is 0. The van der Waals surface area contributed by atoms with Crippen LogP contribution in [0.5, 0.6) is 0 Å². The van der Waals surface area contributed by atoms with Crippen LogP contribution in [-0.4, -0.2) is 49.6 Å². The van der Waals surface area contributed by atoms with E-state index < -0.39 is 0 Å². The van der Waals surface area contributed by atoms with Crippen LogP contribution in [0.25, 0.3) is 0 Å². The first-order chi connectivity index (χ1) is 11.8. The Labute approximate surface area is 165 Å². The van der Waals surface area contributed by atoms with Gasteiger partial charge in [0.1, 0.15) is 0 Å². The molecule has 1 fully saturated rings. The molecule has 0 radical (unpaired) electrons. The molecule has 1 aliphatic carbocycles. The van der Waals surface area contributed by atoms with E-state index in [1.54, 1.807) is 4.90 Å². The number of rotatable bonds is 10. The van der Waals surface area contributed by atoms with Crippen molar-refractivity contribution >= 4 is 24.3 Å². The Morgan fingerprint density at radius 1 is 1.12 bits per heavy atom. The minimum atomic E-state index is -0.0493. The standard InChI is InChI=1S/C19H38N4O2.ClH/c1-19(2,14-20)15-23(3)17(24)12-8-5-9-13-21-18(25)22-16-10-6-4-7-11-16;/h16H,4-15,20H2,1-3H3,(H2,21,22,25);1H. The number of carbonyl (C=O) groups is 2. The quantitative estimate of drug-likeness (QED) is 0.501. The summed E-state index contributed by atoms with van der Waals surface area (Å²) < 4.78 is 0. The van der Waals surface area contributed by atoms with Crippen LogP contribution in [0, 0.1) is 5.41 Å². The highest BCUT2D eigenvalue weighted by molar-refractivity contribution is 5.85. The molecule has 0 bridgehead atoms. The first-order valence-corrected chi connectivity index (χ1v) is 9.82. The van der Waals surface area contributed by atoms with Gasteiger partial charge in [0, 0.05) is 32.6 Å². The maximum Gasteiger partial charge on any atom is 0.315 e. The Morgan fingerprint density at radius 3 is 2.38 bits per heavy atom. The Balaban J connectivity index is 0.00000625. The first kappa shape index (κ1) is 25.0. The summed E-state index contributed by atoms with van der Waals surface area (Å²) in [7, 11) is 1.84. The number of nitrogens with two attached hydrogens (primary N) is 1. The molecule has 6 nitrogen and oxygen atoms in total. The highest BCUT2D eigenvalue weighted by Gasteiger charge is 2.20. The number of amides is 3. The molecule has 0 heterocycles.